The number of aryl methyl sites for hydroxylation is 5. The summed E-state index contributed by atoms with van der Waals surface area (Å²) in [6, 6.07) is 7.04. The minimum Gasteiger partial charge on any atom is -0.358 e. The van der Waals surface area contributed by atoms with Crippen molar-refractivity contribution in [1.82, 2.24) is 20.1 Å². The Morgan fingerprint density at radius 3 is 2.54 bits per heavy atom. The highest BCUT2D eigenvalue weighted by atomic mass is 15.3. The van der Waals surface area contributed by atoms with Crippen molar-refractivity contribution in [3.05, 3.63) is 52.0 Å². The molecule has 0 saturated carbocycles. The Morgan fingerprint density at radius 2 is 1.88 bits per heavy atom. The van der Waals surface area contributed by atoms with Gasteiger partial charge in [-0.15, -0.1) is 0 Å². The summed E-state index contributed by atoms with van der Waals surface area (Å²) < 4.78 is 2.09. The van der Waals surface area contributed by atoms with Crippen LogP contribution in [-0.4, -0.2) is 20.8 Å². The van der Waals surface area contributed by atoms with Crippen LogP contribution in [0.5, 0.6) is 0 Å². The summed E-state index contributed by atoms with van der Waals surface area (Å²) in [6.07, 6.45) is 0. The fraction of sp³-hybridized carbons (Fsp3) is 0.450. The third kappa shape index (κ3) is 3.24. The van der Waals surface area contributed by atoms with Gasteiger partial charge < -0.3 is 10.3 Å². The lowest BCUT2D eigenvalue weighted by atomic mass is 10.0. The van der Waals surface area contributed by atoms with E-state index in [1.165, 1.54) is 39.0 Å². The molecule has 0 aliphatic heterocycles. The summed E-state index contributed by atoms with van der Waals surface area (Å²) in [4.78, 5) is 3.55. The number of H-pyrrole nitrogens is 1. The number of aromatic amines is 1. The van der Waals surface area contributed by atoms with Gasteiger partial charge in [0.05, 0.1) is 17.8 Å². The topological polar surface area (TPSA) is 45.6 Å². The molecule has 128 valence electrons. The maximum atomic E-state index is 4.55. The molecule has 4 heteroatoms. The summed E-state index contributed by atoms with van der Waals surface area (Å²) in [5.41, 5.74) is 8.82. The van der Waals surface area contributed by atoms with E-state index in [0.29, 0.717) is 6.04 Å². The zero-order valence-electron chi connectivity index (χ0n) is 15.6. The van der Waals surface area contributed by atoms with Crippen LogP contribution in [0.2, 0.25) is 0 Å². The van der Waals surface area contributed by atoms with Crippen LogP contribution in [0, 0.1) is 34.6 Å². The van der Waals surface area contributed by atoms with Crippen molar-refractivity contribution in [3.8, 4) is 0 Å². The normalized spacial score (nSPS) is 12.9. The molecule has 0 radical (unpaired) electrons. The van der Waals surface area contributed by atoms with E-state index in [1.54, 1.807) is 0 Å². The smallest absolute Gasteiger partial charge is 0.0596 e. The van der Waals surface area contributed by atoms with Gasteiger partial charge in [0.15, 0.2) is 0 Å². The van der Waals surface area contributed by atoms with E-state index in [1.807, 2.05) is 6.92 Å². The molecule has 2 N–H and O–H groups in total. The first-order valence-electron chi connectivity index (χ1n) is 8.68. The minimum absolute atomic E-state index is 0.357. The molecule has 4 nitrogen and oxygen atoms in total. The largest absolute Gasteiger partial charge is 0.358 e. The van der Waals surface area contributed by atoms with Crippen molar-refractivity contribution in [2.45, 2.75) is 60.7 Å². The lowest BCUT2D eigenvalue weighted by Crippen LogP contribution is -2.30. The molecule has 2 aromatic heterocycles. The average molecular weight is 324 g/mol. The van der Waals surface area contributed by atoms with E-state index in [2.05, 4.69) is 72.9 Å². The van der Waals surface area contributed by atoms with Crippen LogP contribution in [0.15, 0.2) is 18.2 Å². The van der Waals surface area contributed by atoms with Gasteiger partial charge in [0.1, 0.15) is 0 Å². The van der Waals surface area contributed by atoms with Crippen molar-refractivity contribution in [2.24, 2.45) is 0 Å². The van der Waals surface area contributed by atoms with Crippen molar-refractivity contribution >= 4 is 10.9 Å². The highest BCUT2D eigenvalue weighted by Gasteiger charge is 2.11. The molecular formula is C20H28N4. The van der Waals surface area contributed by atoms with Gasteiger partial charge in [0.25, 0.3) is 0 Å². The van der Waals surface area contributed by atoms with Crippen LogP contribution in [0.25, 0.3) is 10.9 Å². The average Bonchev–Trinajstić information content (AvgIpc) is 2.97. The first-order valence-corrected chi connectivity index (χ1v) is 8.68. The molecule has 2 heterocycles. The first kappa shape index (κ1) is 16.8. The van der Waals surface area contributed by atoms with Gasteiger partial charge in [-0.2, -0.15) is 5.10 Å². The quantitative estimate of drug-likeness (QED) is 0.742. The van der Waals surface area contributed by atoms with Crippen molar-refractivity contribution in [1.29, 1.82) is 0 Å². The Bertz CT molecular complexity index is 870. The number of hydrogen-bond donors (Lipinski definition) is 2. The fourth-order valence-corrected chi connectivity index (χ4v) is 3.40. The van der Waals surface area contributed by atoms with E-state index in [4.69, 9.17) is 0 Å². The number of nitrogens with zero attached hydrogens (tertiary/aromatic N) is 2. The Kier molecular flexibility index (Phi) is 4.50. The summed E-state index contributed by atoms with van der Waals surface area (Å²) in [5.74, 6) is 0. The molecule has 0 aliphatic rings. The SMILES string of the molecule is Cc1cc(CNC(C)Cn2nc(C)cc2C)c2[nH]c(C)c(C)c2c1. The third-order valence-electron chi connectivity index (χ3n) is 4.83. The van der Waals surface area contributed by atoms with Crippen LogP contribution >= 0.6 is 0 Å². The Morgan fingerprint density at radius 1 is 1.12 bits per heavy atom. The van der Waals surface area contributed by atoms with Gasteiger partial charge in [-0.25, -0.2) is 0 Å². The van der Waals surface area contributed by atoms with E-state index in [0.717, 1.165) is 18.8 Å². The molecule has 1 unspecified atom stereocenters. The maximum absolute atomic E-state index is 4.55. The predicted octanol–water partition coefficient (Wildman–Crippen LogP) is 4.08. The fourth-order valence-electron chi connectivity index (χ4n) is 3.40. The Hall–Kier alpha value is -2.07. The number of aromatic nitrogens is 3. The van der Waals surface area contributed by atoms with Gasteiger partial charge >= 0.3 is 0 Å². The molecule has 0 saturated heterocycles. The Labute approximate surface area is 144 Å². The molecule has 0 spiro atoms. The van der Waals surface area contributed by atoms with E-state index < -0.39 is 0 Å². The van der Waals surface area contributed by atoms with E-state index in [-0.39, 0.29) is 0 Å². The Balaban J connectivity index is 1.75. The van der Waals surface area contributed by atoms with Gasteiger partial charge in [0.2, 0.25) is 0 Å². The van der Waals surface area contributed by atoms with E-state index in [9.17, 15) is 0 Å². The second-order valence-electron chi connectivity index (χ2n) is 7.11. The van der Waals surface area contributed by atoms with Gasteiger partial charge in [-0.1, -0.05) is 11.6 Å². The molecule has 3 rings (SSSR count). The van der Waals surface area contributed by atoms with Crippen LogP contribution in [0.3, 0.4) is 0 Å². The molecule has 0 aliphatic carbocycles. The van der Waals surface area contributed by atoms with Gasteiger partial charge in [0, 0.05) is 29.4 Å². The second kappa shape index (κ2) is 6.44. The predicted molar refractivity (Wildman–Crippen MR) is 101 cm³/mol. The van der Waals surface area contributed by atoms with Crippen LogP contribution in [-0.2, 0) is 13.1 Å². The van der Waals surface area contributed by atoms with Crippen molar-refractivity contribution in [3.63, 3.8) is 0 Å². The number of hydrogen-bond acceptors (Lipinski definition) is 2. The van der Waals surface area contributed by atoms with Crippen molar-refractivity contribution < 1.29 is 0 Å². The van der Waals surface area contributed by atoms with E-state index >= 15 is 0 Å². The lowest BCUT2D eigenvalue weighted by molar-refractivity contribution is 0.444. The van der Waals surface area contributed by atoms with Gasteiger partial charge in [-0.05, 0) is 64.8 Å². The monoisotopic (exact) mass is 324 g/mol. The molecule has 0 amide bonds. The number of fused-ring (bicyclic) bond motifs is 1. The number of nitrogens with one attached hydrogen (secondary N) is 2. The molecule has 1 aromatic carbocycles. The standard InChI is InChI=1S/C20H28N4/c1-12-7-18(20-19(8-12)16(5)17(6)22-20)10-21-14(3)11-24-15(4)9-13(2)23-24/h7-9,14,21-22H,10-11H2,1-6H3. The molecule has 24 heavy (non-hydrogen) atoms. The lowest BCUT2D eigenvalue weighted by Gasteiger charge is -2.16. The summed E-state index contributed by atoms with van der Waals surface area (Å²) in [7, 11) is 0. The minimum atomic E-state index is 0.357. The summed E-state index contributed by atoms with van der Waals surface area (Å²) in [6.45, 7) is 14.6. The second-order valence-corrected chi connectivity index (χ2v) is 7.11. The highest BCUT2D eigenvalue weighted by molar-refractivity contribution is 5.87. The van der Waals surface area contributed by atoms with Crippen LogP contribution in [0.4, 0.5) is 0 Å². The number of benzene rings is 1. The number of rotatable bonds is 5. The first-order chi connectivity index (χ1) is 11.3. The molecular weight excluding hydrogens is 296 g/mol. The molecule has 0 bridgehead atoms. The molecule has 3 aromatic rings. The molecule has 0 fully saturated rings. The maximum Gasteiger partial charge on any atom is 0.0596 e. The summed E-state index contributed by atoms with van der Waals surface area (Å²) in [5, 5.41) is 9.55. The van der Waals surface area contributed by atoms with Gasteiger partial charge in [-0.3, -0.25) is 4.68 Å². The van der Waals surface area contributed by atoms with Crippen LogP contribution in [0.1, 0.15) is 40.7 Å². The molecule has 1 atom stereocenters. The van der Waals surface area contributed by atoms with Crippen molar-refractivity contribution in [2.75, 3.05) is 0 Å². The van der Waals surface area contributed by atoms with Crippen LogP contribution < -0.4 is 5.32 Å². The summed E-state index contributed by atoms with van der Waals surface area (Å²) >= 11 is 0. The highest BCUT2D eigenvalue weighted by Crippen LogP contribution is 2.26. The zero-order chi connectivity index (χ0) is 17.4. The third-order valence-corrected chi connectivity index (χ3v) is 4.83. The zero-order valence-corrected chi connectivity index (χ0v) is 15.6.